The molecule has 0 radical (unpaired) electrons. The number of hydrogen-bond donors (Lipinski definition) is 3. The molecule has 3 N–H and O–H groups in total. The number of nitrogens with one attached hydrogen (secondary N) is 3. The number of carbonyl (C=O) groups is 3. The van der Waals surface area contributed by atoms with E-state index < -0.39 is 11.8 Å². The summed E-state index contributed by atoms with van der Waals surface area (Å²) in [5.41, 5.74) is 3.37. The lowest BCUT2D eigenvalue weighted by molar-refractivity contribution is -0.139. The zero-order chi connectivity index (χ0) is 21.1. The van der Waals surface area contributed by atoms with Gasteiger partial charge in [-0.1, -0.05) is 12.1 Å². The van der Waals surface area contributed by atoms with Crippen molar-refractivity contribution in [3.05, 3.63) is 54.1 Å². The van der Waals surface area contributed by atoms with Gasteiger partial charge >= 0.3 is 11.8 Å². The second kappa shape index (κ2) is 11.1. The van der Waals surface area contributed by atoms with Crippen LogP contribution in [0.4, 0.5) is 5.69 Å². The fourth-order valence-electron chi connectivity index (χ4n) is 2.16. The van der Waals surface area contributed by atoms with E-state index in [9.17, 15) is 14.4 Å². The van der Waals surface area contributed by atoms with Crippen LogP contribution in [0.15, 0.2) is 53.6 Å². The van der Waals surface area contributed by atoms with Crippen molar-refractivity contribution < 1.29 is 23.9 Å². The van der Waals surface area contributed by atoms with Crippen molar-refractivity contribution in [1.29, 1.82) is 0 Å². The number of hydrogen-bond acceptors (Lipinski definition) is 6. The Labute approximate surface area is 168 Å². The van der Waals surface area contributed by atoms with Gasteiger partial charge in [0.25, 0.3) is 5.91 Å². The molecule has 0 aliphatic heterocycles. The number of likely N-dealkylation sites (N-methyl/N-ethyl adjacent to an activating group) is 1. The Morgan fingerprint density at radius 2 is 1.79 bits per heavy atom. The average molecular weight is 398 g/mol. The first kappa shape index (κ1) is 21.4. The standard InChI is InChI=1S/C20H22N4O5/c1-3-21-19(26)20(27)24-22-12-14-5-4-6-17(11-14)29-13-18(25)23-15-7-9-16(28-2)10-8-15/h4-12H,3,13H2,1-2H3,(H,21,26)(H,23,25)(H,24,27)/b22-12-. The Morgan fingerprint density at radius 3 is 2.48 bits per heavy atom. The summed E-state index contributed by atoms with van der Waals surface area (Å²) in [5.74, 6) is -0.785. The highest BCUT2D eigenvalue weighted by atomic mass is 16.5. The second-order valence-electron chi connectivity index (χ2n) is 5.70. The Balaban J connectivity index is 1.84. The van der Waals surface area contributed by atoms with Crippen LogP contribution in [0.25, 0.3) is 0 Å². The molecule has 9 heteroatoms. The molecule has 2 aromatic rings. The molecule has 0 aliphatic rings. The summed E-state index contributed by atoms with van der Waals surface area (Å²) in [6, 6.07) is 13.7. The molecule has 0 aliphatic carbocycles. The van der Waals surface area contributed by atoms with Gasteiger partial charge in [-0.15, -0.1) is 0 Å². The first-order chi connectivity index (χ1) is 14.0. The molecule has 0 saturated carbocycles. The van der Waals surface area contributed by atoms with Gasteiger partial charge in [0.2, 0.25) is 0 Å². The molecule has 0 fully saturated rings. The molecule has 2 aromatic carbocycles. The molecule has 29 heavy (non-hydrogen) atoms. The van der Waals surface area contributed by atoms with Gasteiger partial charge in [0.1, 0.15) is 11.5 Å². The molecule has 0 unspecified atom stereocenters. The molecule has 9 nitrogen and oxygen atoms in total. The number of nitrogens with zero attached hydrogens (tertiary/aromatic N) is 1. The molecular formula is C20H22N4O5. The van der Waals surface area contributed by atoms with Crippen LogP contribution in [-0.2, 0) is 14.4 Å². The summed E-state index contributed by atoms with van der Waals surface area (Å²) in [5, 5.41) is 8.80. The smallest absolute Gasteiger partial charge is 0.329 e. The molecular weight excluding hydrogens is 376 g/mol. The maximum atomic E-state index is 12.0. The average Bonchev–Trinajstić information content (AvgIpc) is 2.73. The van der Waals surface area contributed by atoms with E-state index in [4.69, 9.17) is 9.47 Å². The first-order valence-corrected chi connectivity index (χ1v) is 8.79. The van der Waals surface area contributed by atoms with E-state index in [2.05, 4.69) is 21.2 Å². The fraction of sp³-hybridized carbons (Fsp3) is 0.200. The van der Waals surface area contributed by atoms with E-state index in [1.54, 1.807) is 62.6 Å². The summed E-state index contributed by atoms with van der Waals surface area (Å²) < 4.78 is 10.5. The van der Waals surface area contributed by atoms with E-state index in [0.717, 1.165) is 0 Å². The Bertz CT molecular complexity index is 881. The summed E-state index contributed by atoms with van der Waals surface area (Å²) in [6.45, 7) is 1.87. The van der Waals surface area contributed by atoms with Crippen LogP contribution in [-0.4, -0.2) is 44.2 Å². The van der Waals surface area contributed by atoms with Gasteiger partial charge in [0.05, 0.1) is 13.3 Å². The highest BCUT2D eigenvalue weighted by molar-refractivity contribution is 6.35. The lowest BCUT2D eigenvalue weighted by Gasteiger charge is -2.08. The van der Waals surface area contributed by atoms with Crippen molar-refractivity contribution >= 4 is 29.6 Å². The van der Waals surface area contributed by atoms with E-state index >= 15 is 0 Å². The zero-order valence-corrected chi connectivity index (χ0v) is 16.1. The van der Waals surface area contributed by atoms with Crippen molar-refractivity contribution in [2.24, 2.45) is 5.10 Å². The third kappa shape index (κ3) is 7.33. The molecule has 0 atom stereocenters. The minimum atomic E-state index is -0.856. The van der Waals surface area contributed by atoms with E-state index in [1.165, 1.54) is 6.21 Å². The van der Waals surface area contributed by atoms with Crippen LogP contribution in [0.2, 0.25) is 0 Å². The lowest BCUT2D eigenvalue weighted by Crippen LogP contribution is -2.37. The molecule has 0 aromatic heterocycles. The summed E-state index contributed by atoms with van der Waals surface area (Å²) in [7, 11) is 1.57. The maximum Gasteiger partial charge on any atom is 0.329 e. The van der Waals surface area contributed by atoms with Crippen LogP contribution in [0.3, 0.4) is 0 Å². The van der Waals surface area contributed by atoms with Crippen LogP contribution < -0.4 is 25.5 Å². The topological polar surface area (TPSA) is 118 Å². The monoisotopic (exact) mass is 398 g/mol. The summed E-state index contributed by atoms with van der Waals surface area (Å²) in [6.07, 6.45) is 1.36. The number of benzene rings is 2. The first-order valence-electron chi connectivity index (χ1n) is 8.79. The third-order valence-electron chi connectivity index (χ3n) is 3.53. The molecule has 0 spiro atoms. The largest absolute Gasteiger partial charge is 0.497 e. The SMILES string of the molecule is CCNC(=O)C(=O)N/N=C\c1cccc(OCC(=O)Nc2ccc(OC)cc2)c1. The quantitative estimate of drug-likeness (QED) is 0.352. The van der Waals surface area contributed by atoms with Crippen LogP contribution in [0.5, 0.6) is 11.5 Å². The number of rotatable bonds is 8. The molecule has 152 valence electrons. The second-order valence-corrected chi connectivity index (χ2v) is 5.70. The van der Waals surface area contributed by atoms with Gasteiger partial charge in [-0.2, -0.15) is 5.10 Å². The highest BCUT2D eigenvalue weighted by Crippen LogP contribution is 2.15. The van der Waals surface area contributed by atoms with Gasteiger partial charge < -0.3 is 20.1 Å². The Morgan fingerprint density at radius 1 is 1.03 bits per heavy atom. The Hall–Kier alpha value is -3.88. The molecule has 3 amide bonds. The van der Waals surface area contributed by atoms with Crippen molar-refractivity contribution in [2.75, 3.05) is 25.6 Å². The molecule has 0 heterocycles. The highest BCUT2D eigenvalue weighted by Gasteiger charge is 2.10. The number of methoxy groups -OCH3 is 1. The zero-order valence-electron chi connectivity index (χ0n) is 16.1. The van der Waals surface area contributed by atoms with Crippen molar-refractivity contribution in [3.63, 3.8) is 0 Å². The number of carbonyl (C=O) groups excluding carboxylic acids is 3. The maximum absolute atomic E-state index is 12.0. The van der Waals surface area contributed by atoms with Crippen molar-refractivity contribution in [2.45, 2.75) is 6.92 Å². The molecule has 0 saturated heterocycles. The van der Waals surface area contributed by atoms with E-state index in [-0.39, 0.29) is 12.5 Å². The number of anilines is 1. The van der Waals surface area contributed by atoms with Gasteiger partial charge in [0, 0.05) is 12.2 Å². The number of hydrazone groups is 1. The van der Waals surface area contributed by atoms with Crippen molar-refractivity contribution in [1.82, 2.24) is 10.7 Å². The minimum Gasteiger partial charge on any atom is -0.497 e. The van der Waals surface area contributed by atoms with Crippen LogP contribution in [0.1, 0.15) is 12.5 Å². The summed E-state index contributed by atoms with van der Waals surface area (Å²) >= 11 is 0. The lowest BCUT2D eigenvalue weighted by atomic mass is 10.2. The predicted octanol–water partition coefficient (Wildman–Crippen LogP) is 1.30. The van der Waals surface area contributed by atoms with Gasteiger partial charge in [0.15, 0.2) is 6.61 Å². The van der Waals surface area contributed by atoms with Gasteiger partial charge in [-0.25, -0.2) is 5.43 Å². The number of ether oxygens (including phenoxy) is 2. The van der Waals surface area contributed by atoms with Crippen molar-refractivity contribution in [3.8, 4) is 11.5 Å². The third-order valence-corrected chi connectivity index (χ3v) is 3.53. The minimum absolute atomic E-state index is 0.180. The molecule has 0 bridgehead atoms. The normalized spacial score (nSPS) is 10.3. The summed E-state index contributed by atoms with van der Waals surface area (Å²) in [4.78, 5) is 34.7. The van der Waals surface area contributed by atoms with Gasteiger partial charge in [-0.3, -0.25) is 14.4 Å². The van der Waals surface area contributed by atoms with Gasteiger partial charge in [-0.05, 0) is 48.9 Å². The van der Waals surface area contributed by atoms with E-state index in [0.29, 0.717) is 29.3 Å². The predicted molar refractivity (Wildman–Crippen MR) is 108 cm³/mol. The Kier molecular flexibility index (Phi) is 8.18. The van der Waals surface area contributed by atoms with Crippen LogP contribution in [0, 0.1) is 0 Å². The van der Waals surface area contributed by atoms with E-state index in [1.807, 2.05) is 0 Å². The molecule has 2 rings (SSSR count). The van der Waals surface area contributed by atoms with Crippen LogP contribution >= 0.6 is 0 Å². The number of amides is 3. The fourth-order valence-corrected chi connectivity index (χ4v) is 2.16.